The Morgan fingerprint density at radius 1 is 1.24 bits per heavy atom. The van der Waals surface area contributed by atoms with Gasteiger partial charge in [0.25, 0.3) is 0 Å². The molecular weight excluding hydrogens is 268 g/mol. The van der Waals surface area contributed by atoms with Crippen LogP contribution in [0.3, 0.4) is 0 Å². The van der Waals surface area contributed by atoms with Gasteiger partial charge in [-0.05, 0) is 36.2 Å². The van der Waals surface area contributed by atoms with E-state index in [9.17, 15) is 9.90 Å². The van der Waals surface area contributed by atoms with Crippen molar-refractivity contribution in [2.45, 2.75) is 25.9 Å². The van der Waals surface area contributed by atoms with Crippen LogP contribution in [0.15, 0.2) is 36.4 Å². The molecular formula is C17H16O4. The average Bonchev–Trinajstić information content (AvgIpc) is 2.54. The number of carboxylic acid groups (broad SMARTS) is 1. The summed E-state index contributed by atoms with van der Waals surface area (Å²) >= 11 is 0. The van der Waals surface area contributed by atoms with E-state index in [1.807, 2.05) is 25.1 Å². The number of aliphatic hydroxyl groups is 1. The van der Waals surface area contributed by atoms with Crippen LogP contribution in [0.4, 0.5) is 0 Å². The van der Waals surface area contributed by atoms with Crippen molar-refractivity contribution in [3.8, 4) is 11.5 Å². The molecule has 2 aromatic carbocycles. The minimum Gasteiger partial charge on any atom is -0.481 e. The molecule has 0 fully saturated rings. The van der Waals surface area contributed by atoms with Gasteiger partial charge in [-0.25, -0.2) is 0 Å². The number of ether oxygens (including phenoxy) is 1. The van der Waals surface area contributed by atoms with Crippen molar-refractivity contribution in [1.82, 2.24) is 0 Å². The predicted octanol–water partition coefficient (Wildman–Crippen LogP) is 3.00. The fraction of sp³-hybridized carbons (Fsp3) is 0.235. The van der Waals surface area contributed by atoms with Crippen LogP contribution in [0.2, 0.25) is 0 Å². The third kappa shape index (κ3) is 2.76. The predicted molar refractivity (Wildman–Crippen MR) is 77.7 cm³/mol. The first-order valence-corrected chi connectivity index (χ1v) is 6.83. The van der Waals surface area contributed by atoms with E-state index in [0.29, 0.717) is 23.3 Å². The van der Waals surface area contributed by atoms with Crippen LogP contribution in [-0.2, 0) is 17.6 Å². The number of aryl methyl sites for hydroxylation is 1. The molecule has 3 rings (SSSR count). The molecule has 0 saturated carbocycles. The van der Waals surface area contributed by atoms with Crippen molar-refractivity contribution >= 4 is 5.97 Å². The minimum atomic E-state index is -0.891. The van der Waals surface area contributed by atoms with Gasteiger partial charge in [-0.1, -0.05) is 23.8 Å². The van der Waals surface area contributed by atoms with E-state index < -0.39 is 12.1 Å². The Morgan fingerprint density at radius 3 is 2.76 bits per heavy atom. The van der Waals surface area contributed by atoms with Gasteiger partial charge in [0.05, 0.1) is 12.5 Å². The van der Waals surface area contributed by atoms with Crippen molar-refractivity contribution in [3.05, 3.63) is 58.7 Å². The largest absolute Gasteiger partial charge is 0.481 e. The fourth-order valence-electron chi connectivity index (χ4n) is 2.64. The maximum absolute atomic E-state index is 10.8. The first-order chi connectivity index (χ1) is 10.0. The second-order valence-corrected chi connectivity index (χ2v) is 5.38. The zero-order valence-corrected chi connectivity index (χ0v) is 11.7. The van der Waals surface area contributed by atoms with E-state index in [2.05, 4.69) is 0 Å². The van der Waals surface area contributed by atoms with Crippen LogP contribution in [0.25, 0.3) is 0 Å². The molecule has 108 valence electrons. The summed E-state index contributed by atoms with van der Waals surface area (Å²) in [7, 11) is 0. The number of benzene rings is 2. The zero-order chi connectivity index (χ0) is 15.0. The van der Waals surface area contributed by atoms with Gasteiger partial charge >= 0.3 is 5.97 Å². The molecule has 2 N–H and O–H groups in total. The van der Waals surface area contributed by atoms with Gasteiger partial charge < -0.3 is 14.9 Å². The van der Waals surface area contributed by atoms with Crippen LogP contribution >= 0.6 is 0 Å². The van der Waals surface area contributed by atoms with Crippen molar-refractivity contribution in [2.75, 3.05) is 0 Å². The van der Waals surface area contributed by atoms with Crippen LogP contribution in [0.1, 0.15) is 28.4 Å². The van der Waals surface area contributed by atoms with Gasteiger partial charge in [0.15, 0.2) is 0 Å². The second kappa shape index (κ2) is 5.22. The summed E-state index contributed by atoms with van der Waals surface area (Å²) in [6, 6.07) is 11.0. The summed E-state index contributed by atoms with van der Waals surface area (Å²) in [5, 5.41) is 19.3. The average molecular weight is 284 g/mol. The van der Waals surface area contributed by atoms with E-state index in [-0.39, 0.29) is 6.42 Å². The highest BCUT2D eigenvalue weighted by atomic mass is 16.5. The monoisotopic (exact) mass is 284 g/mol. The molecule has 0 saturated heterocycles. The van der Waals surface area contributed by atoms with E-state index in [1.165, 1.54) is 0 Å². The first kappa shape index (κ1) is 13.6. The van der Waals surface area contributed by atoms with E-state index in [0.717, 1.165) is 16.9 Å². The van der Waals surface area contributed by atoms with Crippen LogP contribution in [0, 0.1) is 6.92 Å². The van der Waals surface area contributed by atoms with Gasteiger partial charge in [0.1, 0.15) is 11.5 Å². The number of carboxylic acids is 1. The number of aliphatic carboxylic acids is 1. The normalized spacial score (nSPS) is 16.4. The molecule has 4 nitrogen and oxygen atoms in total. The molecule has 0 radical (unpaired) electrons. The van der Waals surface area contributed by atoms with Gasteiger partial charge in [0.2, 0.25) is 0 Å². The summed E-state index contributed by atoms with van der Waals surface area (Å²) in [5.74, 6) is 0.432. The molecule has 1 aliphatic rings. The molecule has 1 heterocycles. The highest BCUT2D eigenvalue weighted by Gasteiger charge is 2.22. The molecule has 0 amide bonds. The Kier molecular flexibility index (Phi) is 3.39. The molecule has 0 bridgehead atoms. The standard InChI is InChI=1S/C17H16O4/c1-10-2-4-15-12(6-10)9-14(18)13-7-11(8-17(19)20)3-5-16(13)21-15/h2-7,14,18H,8-9H2,1H3,(H,19,20)/t14-/m0/s1. The summed E-state index contributed by atoms with van der Waals surface area (Å²) < 4.78 is 5.88. The highest BCUT2D eigenvalue weighted by molar-refractivity contribution is 5.70. The highest BCUT2D eigenvalue weighted by Crippen LogP contribution is 2.39. The van der Waals surface area contributed by atoms with Crippen molar-refractivity contribution in [3.63, 3.8) is 0 Å². The Hall–Kier alpha value is -2.33. The SMILES string of the molecule is Cc1ccc2c(c1)C[C@H](O)c1cc(CC(=O)O)ccc1O2. The molecule has 21 heavy (non-hydrogen) atoms. The lowest BCUT2D eigenvalue weighted by molar-refractivity contribution is -0.136. The maximum atomic E-state index is 10.8. The zero-order valence-electron chi connectivity index (χ0n) is 11.7. The number of aliphatic hydroxyl groups excluding tert-OH is 1. The Labute approximate surface area is 122 Å². The topological polar surface area (TPSA) is 66.8 Å². The van der Waals surface area contributed by atoms with Crippen LogP contribution in [-0.4, -0.2) is 16.2 Å². The molecule has 0 unspecified atom stereocenters. The molecule has 0 spiro atoms. The molecule has 0 aromatic heterocycles. The summed E-state index contributed by atoms with van der Waals surface area (Å²) in [5.41, 5.74) is 3.37. The summed E-state index contributed by atoms with van der Waals surface area (Å²) in [6.45, 7) is 2.00. The maximum Gasteiger partial charge on any atom is 0.307 e. The van der Waals surface area contributed by atoms with Gasteiger partial charge in [-0.2, -0.15) is 0 Å². The van der Waals surface area contributed by atoms with Crippen molar-refractivity contribution in [2.24, 2.45) is 0 Å². The smallest absolute Gasteiger partial charge is 0.307 e. The third-order valence-electron chi connectivity index (χ3n) is 3.64. The van der Waals surface area contributed by atoms with Crippen molar-refractivity contribution < 1.29 is 19.7 Å². The lowest BCUT2D eigenvalue weighted by Crippen LogP contribution is -2.04. The van der Waals surface area contributed by atoms with Crippen LogP contribution < -0.4 is 4.74 Å². The summed E-state index contributed by atoms with van der Waals surface area (Å²) in [6.07, 6.45) is -0.302. The summed E-state index contributed by atoms with van der Waals surface area (Å²) in [4.78, 5) is 10.8. The third-order valence-corrected chi connectivity index (χ3v) is 3.64. The lowest BCUT2D eigenvalue weighted by Gasteiger charge is -2.12. The number of hydrogen-bond donors (Lipinski definition) is 2. The number of carbonyl (C=O) groups is 1. The van der Waals surface area contributed by atoms with Gasteiger partial charge in [-0.3, -0.25) is 4.79 Å². The van der Waals surface area contributed by atoms with E-state index in [4.69, 9.17) is 9.84 Å². The number of rotatable bonds is 2. The van der Waals surface area contributed by atoms with Crippen molar-refractivity contribution in [1.29, 1.82) is 0 Å². The molecule has 2 aromatic rings. The Morgan fingerprint density at radius 2 is 2.00 bits per heavy atom. The number of hydrogen-bond acceptors (Lipinski definition) is 3. The first-order valence-electron chi connectivity index (χ1n) is 6.83. The van der Waals surface area contributed by atoms with Crippen LogP contribution in [0.5, 0.6) is 11.5 Å². The number of fused-ring (bicyclic) bond motifs is 2. The quantitative estimate of drug-likeness (QED) is 0.889. The van der Waals surface area contributed by atoms with E-state index in [1.54, 1.807) is 18.2 Å². The Balaban J connectivity index is 2.02. The Bertz CT molecular complexity index is 706. The van der Waals surface area contributed by atoms with Gasteiger partial charge in [-0.15, -0.1) is 0 Å². The molecule has 1 aliphatic heterocycles. The van der Waals surface area contributed by atoms with Gasteiger partial charge in [0, 0.05) is 12.0 Å². The second-order valence-electron chi connectivity index (χ2n) is 5.38. The fourth-order valence-corrected chi connectivity index (χ4v) is 2.64. The van der Waals surface area contributed by atoms with E-state index >= 15 is 0 Å². The minimum absolute atomic E-state index is 0.0634. The lowest BCUT2D eigenvalue weighted by atomic mass is 9.98. The molecule has 1 atom stereocenters. The molecule has 0 aliphatic carbocycles. The molecule has 4 heteroatoms.